The van der Waals surface area contributed by atoms with Crippen LogP contribution in [0.1, 0.15) is 36.6 Å². The Kier molecular flexibility index (Phi) is 11.4. The molecule has 3 aliphatic rings. The molecule has 1 aromatic heterocycles. The number of carbonyl (C=O) groups excluding carboxylic acids is 1. The normalized spacial score (nSPS) is 20.0. The Labute approximate surface area is 272 Å². The lowest BCUT2D eigenvalue weighted by molar-refractivity contribution is -0.139. The third kappa shape index (κ3) is 9.02. The second kappa shape index (κ2) is 14.9. The summed E-state index contributed by atoms with van der Waals surface area (Å²) in [4.78, 5) is 15.8. The largest absolute Gasteiger partial charge is 0.417 e. The molecule has 2 saturated heterocycles. The van der Waals surface area contributed by atoms with Crippen molar-refractivity contribution in [2.45, 2.75) is 62.5 Å². The van der Waals surface area contributed by atoms with E-state index >= 15 is 0 Å². The number of alkyl halides is 3. The molecular weight excluding hydrogens is 645 g/mol. The fraction of sp³-hybridized carbons (Fsp3) is 0.667. The summed E-state index contributed by atoms with van der Waals surface area (Å²) in [7, 11) is -3.52. The van der Waals surface area contributed by atoms with Crippen molar-refractivity contribution in [3.63, 3.8) is 0 Å². The van der Waals surface area contributed by atoms with Gasteiger partial charge < -0.3 is 20.1 Å². The van der Waals surface area contributed by atoms with Crippen LogP contribution < -0.4 is 5.32 Å². The predicted octanol–water partition coefficient (Wildman–Crippen LogP) is 2.27. The molecule has 256 valence electrons. The number of hydrogen-bond donors (Lipinski definition) is 2. The maximum absolute atomic E-state index is 14.1. The molecule has 0 radical (unpaired) electrons. The van der Waals surface area contributed by atoms with Gasteiger partial charge in [0.25, 0.3) is 0 Å². The molecule has 1 amide bonds. The number of aliphatic hydroxyl groups excluding tert-OH is 1. The number of ether oxygens (including phenoxy) is 1. The Balaban J connectivity index is 1.37. The van der Waals surface area contributed by atoms with Crippen molar-refractivity contribution in [3.8, 4) is 11.3 Å². The molecule has 0 spiro atoms. The van der Waals surface area contributed by atoms with Gasteiger partial charge in [-0.1, -0.05) is 6.07 Å². The SMILES string of the molecule is CC(=O)NC1CCN(CCSc2cc(-c3nn(C[C@@H](O)CN4CCOCC4)c4c3CN(S(C)(=O)=O)CC4)ccc2C(F)(F)F)CC1. The van der Waals surface area contributed by atoms with Crippen LogP contribution in [0.25, 0.3) is 11.3 Å². The van der Waals surface area contributed by atoms with Crippen LogP contribution in [0.4, 0.5) is 13.2 Å². The number of aliphatic hydroxyl groups is 1. The van der Waals surface area contributed by atoms with E-state index in [-0.39, 0.29) is 36.5 Å². The minimum atomic E-state index is -4.55. The molecule has 2 N–H and O–H groups in total. The maximum Gasteiger partial charge on any atom is 0.417 e. The van der Waals surface area contributed by atoms with E-state index in [9.17, 15) is 31.5 Å². The Morgan fingerprint density at radius 2 is 1.85 bits per heavy atom. The Bertz CT molecular complexity index is 1470. The number of rotatable bonds is 11. The van der Waals surface area contributed by atoms with Crippen LogP contribution >= 0.6 is 11.8 Å². The molecule has 0 bridgehead atoms. The van der Waals surface area contributed by atoms with E-state index in [1.165, 1.54) is 23.4 Å². The standard InChI is InChI=1S/C30H43F3N6O5S2/c1-21(40)34-23-5-8-36(9-6-23)13-16-45-28-17-22(3-4-26(28)30(31,32)33)29-25-20-38(46(2,42)43)10-7-27(25)39(35-29)19-24(41)18-37-11-14-44-15-12-37/h3-4,17,23-24,41H,5-16,18-20H2,1-2H3,(H,34,40)/t24-/m0/s1. The van der Waals surface area contributed by atoms with Crippen LogP contribution in [0.2, 0.25) is 0 Å². The molecule has 1 aromatic carbocycles. The molecule has 11 nitrogen and oxygen atoms in total. The minimum absolute atomic E-state index is 0.0565. The van der Waals surface area contributed by atoms with Crippen molar-refractivity contribution >= 4 is 27.7 Å². The summed E-state index contributed by atoms with van der Waals surface area (Å²) in [5.74, 6) is 0.382. The topological polar surface area (TPSA) is 120 Å². The van der Waals surface area contributed by atoms with E-state index < -0.39 is 27.9 Å². The first-order valence-corrected chi connectivity index (χ1v) is 18.5. The number of thioether (sulfide) groups is 1. The average molecular weight is 689 g/mol. The number of nitrogens with zero attached hydrogens (tertiary/aromatic N) is 5. The molecule has 0 aliphatic carbocycles. The van der Waals surface area contributed by atoms with Crippen LogP contribution in [-0.4, -0.2) is 126 Å². The maximum atomic E-state index is 14.1. The van der Waals surface area contributed by atoms with Crippen LogP contribution in [0, 0.1) is 0 Å². The molecule has 0 saturated carbocycles. The number of carbonyl (C=O) groups is 1. The van der Waals surface area contributed by atoms with Crippen LogP contribution in [0.5, 0.6) is 0 Å². The van der Waals surface area contributed by atoms with Crippen molar-refractivity contribution in [3.05, 3.63) is 35.0 Å². The summed E-state index contributed by atoms with van der Waals surface area (Å²) in [6.45, 7) is 7.16. The molecule has 1 atom stereocenters. The zero-order chi connectivity index (χ0) is 33.1. The zero-order valence-corrected chi connectivity index (χ0v) is 27.9. The highest BCUT2D eigenvalue weighted by molar-refractivity contribution is 7.99. The zero-order valence-electron chi connectivity index (χ0n) is 26.3. The van der Waals surface area contributed by atoms with E-state index in [0.29, 0.717) is 68.4 Å². The summed E-state index contributed by atoms with van der Waals surface area (Å²) < 4.78 is 75.7. The van der Waals surface area contributed by atoms with Crippen LogP contribution in [0.15, 0.2) is 23.1 Å². The first kappa shape index (κ1) is 35.1. The quantitative estimate of drug-likeness (QED) is 0.343. The van der Waals surface area contributed by atoms with Gasteiger partial charge in [0, 0.05) is 99.2 Å². The molecule has 2 aromatic rings. The second-order valence-electron chi connectivity index (χ2n) is 12.2. The molecule has 4 heterocycles. The van der Waals surface area contributed by atoms with Crippen LogP contribution in [-0.2, 0) is 45.2 Å². The van der Waals surface area contributed by atoms with Gasteiger partial charge in [-0.3, -0.25) is 14.4 Å². The van der Waals surface area contributed by atoms with Gasteiger partial charge in [-0.15, -0.1) is 11.8 Å². The highest BCUT2D eigenvalue weighted by Crippen LogP contribution is 2.40. The van der Waals surface area contributed by atoms with Crippen molar-refractivity contribution in [1.82, 2.24) is 29.2 Å². The van der Waals surface area contributed by atoms with Crippen molar-refractivity contribution in [1.29, 1.82) is 0 Å². The number of fused-ring (bicyclic) bond motifs is 1. The monoisotopic (exact) mass is 688 g/mol. The molecular formula is C30H43F3N6O5S2. The summed E-state index contributed by atoms with van der Waals surface area (Å²) in [6.07, 6.45) is -2.18. The highest BCUT2D eigenvalue weighted by Gasteiger charge is 2.35. The van der Waals surface area contributed by atoms with Gasteiger partial charge in [-0.05, 0) is 25.0 Å². The third-order valence-corrected chi connectivity index (χ3v) is 11.0. The van der Waals surface area contributed by atoms with E-state index in [4.69, 9.17) is 9.84 Å². The summed E-state index contributed by atoms with van der Waals surface area (Å²) in [6, 6.07) is 4.11. The number of β-amino-alcohol motifs (C(OH)–C–C–N with tert-alkyl or cyclic N) is 1. The first-order valence-electron chi connectivity index (χ1n) is 15.6. The molecule has 46 heavy (non-hydrogen) atoms. The van der Waals surface area contributed by atoms with Gasteiger partial charge in [0.05, 0.1) is 43.4 Å². The van der Waals surface area contributed by atoms with Gasteiger partial charge >= 0.3 is 6.18 Å². The average Bonchev–Trinajstić information content (AvgIpc) is 3.34. The number of piperidine rings is 1. The number of sulfonamides is 1. The number of amides is 1. The number of hydrogen-bond acceptors (Lipinski definition) is 9. The lowest BCUT2D eigenvalue weighted by Gasteiger charge is -2.32. The van der Waals surface area contributed by atoms with E-state index in [1.807, 2.05) is 0 Å². The molecule has 0 unspecified atom stereocenters. The number of aromatic nitrogens is 2. The Morgan fingerprint density at radius 3 is 2.50 bits per heavy atom. The fourth-order valence-corrected chi connectivity index (χ4v) is 8.27. The highest BCUT2D eigenvalue weighted by atomic mass is 32.2. The number of likely N-dealkylation sites (tertiary alicyclic amines) is 1. The summed E-state index contributed by atoms with van der Waals surface area (Å²) >= 11 is 1.14. The van der Waals surface area contributed by atoms with Gasteiger partial charge in [-0.2, -0.15) is 22.6 Å². The fourth-order valence-electron chi connectivity index (χ4n) is 6.37. The summed E-state index contributed by atoms with van der Waals surface area (Å²) in [5, 5.41) is 18.7. The Hall–Kier alpha value is -2.21. The van der Waals surface area contributed by atoms with Gasteiger partial charge in [0.15, 0.2) is 0 Å². The second-order valence-corrected chi connectivity index (χ2v) is 15.4. The Morgan fingerprint density at radius 1 is 1.13 bits per heavy atom. The predicted molar refractivity (Wildman–Crippen MR) is 169 cm³/mol. The smallest absolute Gasteiger partial charge is 0.390 e. The number of benzene rings is 1. The lowest BCUT2D eigenvalue weighted by Crippen LogP contribution is -2.44. The van der Waals surface area contributed by atoms with Crippen molar-refractivity contribution < 1.29 is 36.2 Å². The molecule has 16 heteroatoms. The van der Waals surface area contributed by atoms with E-state index in [2.05, 4.69) is 15.1 Å². The van der Waals surface area contributed by atoms with Gasteiger partial charge in [-0.25, -0.2) is 8.42 Å². The minimum Gasteiger partial charge on any atom is -0.390 e. The van der Waals surface area contributed by atoms with Crippen LogP contribution in [0.3, 0.4) is 0 Å². The van der Waals surface area contributed by atoms with E-state index in [1.54, 1.807) is 4.68 Å². The third-order valence-electron chi connectivity index (χ3n) is 8.74. The lowest BCUT2D eigenvalue weighted by atomic mass is 10.0. The molecule has 2 fully saturated rings. The van der Waals surface area contributed by atoms with Crippen molar-refractivity contribution in [2.75, 3.05) is 71.0 Å². The number of halogens is 3. The molecule has 5 rings (SSSR count). The van der Waals surface area contributed by atoms with E-state index in [0.717, 1.165) is 55.7 Å². The summed E-state index contributed by atoms with van der Waals surface area (Å²) in [5.41, 5.74) is 1.61. The number of morpholine rings is 1. The molecule has 3 aliphatic heterocycles. The number of nitrogens with one attached hydrogen (secondary N) is 1. The first-order chi connectivity index (χ1) is 21.8. The van der Waals surface area contributed by atoms with Gasteiger partial charge in [0.1, 0.15) is 0 Å². The van der Waals surface area contributed by atoms with Crippen molar-refractivity contribution in [2.24, 2.45) is 0 Å². The van der Waals surface area contributed by atoms with Gasteiger partial charge in [0.2, 0.25) is 15.9 Å².